The fourth-order valence-electron chi connectivity index (χ4n) is 1.82. The van der Waals surface area contributed by atoms with E-state index < -0.39 is 0 Å². The number of rotatable bonds is 4. The van der Waals surface area contributed by atoms with Crippen LogP contribution in [0.25, 0.3) is 0 Å². The first-order chi connectivity index (χ1) is 8.07. The number of thioether (sulfide) groups is 1. The molecule has 0 N–H and O–H groups in total. The van der Waals surface area contributed by atoms with Crippen molar-refractivity contribution < 1.29 is 9.53 Å². The molecule has 1 aromatic rings. The van der Waals surface area contributed by atoms with Crippen LogP contribution in [0.3, 0.4) is 0 Å². The summed E-state index contributed by atoms with van der Waals surface area (Å²) in [4.78, 5) is 13.5. The summed E-state index contributed by atoms with van der Waals surface area (Å²) in [5.41, 5.74) is 0. The Hall–Kier alpha value is -1.16. The van der Waals surface area contributed by atoms with Gasteiger partial charge in [-0.1, -0.05) is 30.0 Å². The third-order valence-electron chi connectivity index (χ3n) is 2.57. The van der Waals surface area contributed by atoms with Gasteiger partial charge in [0.15, 0.2) is 0 Å². The normalized spacial score (nSPS) is 18.5. The van der Waals surface area contributed by atoms with E-state index in [1.807, 2.05) is 35.2 Å². The molecule has 1 aromatic carbocycles. The van der Waals surface area contributed by atoms with Crippen LogP contribution in [-0.2, 0) is 0 Å². The summed E-state index contributed by atoms with van der Waals surface area (Å²) in [6, 6.07) is 9.68. The molecule has 1 heterocycles. The third kappa shape index (κ3) is 3.40. The minimum Gasteiger partial charge on any atom is -0.492 e. The number of hydrogen-bond donors (Lipinski definition) is 0. The van der Waals surface area contributed by atoms with Crippen LogP contribution in [0.5, 0.6) is 5.75 Å². The van der Waals surface area contributed by atoms with E-state index in [2.05, 4.69) is 13.8 Å². The predicted octanol–water partition coefficient (Wildman–Crippen LogP) is 3.01. The second kappa shape index (κ2) is 5.00. The van der Waals surface area contributed by atoms with Gasteiger partial charge in [-0.15, -0.1) is 0 Å². The standard InChI is InChI=1S/C13H17NO2S/c1-13(2)10-14(12(15)17-13)8-9-16-11-6-4-3-5-7-11/h3-7H,8-10H2,1-2H3. The van der Waals surface area contributed by atoms with Crippen LogP contribution in [0.4, 0.5) is 4.79 Å². The summed E-state index contributed by atoms with van der Waals surface area (Å²) in [6.07, 6.45) is 0. The van der Waals surface area contributed by atoms with E-state index in [-0.39, 0.29) is 9.99 Å². The first-order valence-corrected chi connectivity index (χ1v) is 6.54. The molecule has 0 unspecified atom stereocenters. The molecule has 0 bridgehead atoms. The lowest BCUT2D eigenvalue weighted by molar-refractivity contribution is 0.206. The van der Waals surface area contributed by atoms with Gasteiger partial charge in [0.1, 0.15) is 12.4 Å². The molecule has 0 aliphatic carbocycles. The zero-order chi connectivity index (χ0) is 12.3. The average molecular weight is 251 g/mol. The van der Waals surface area contributed by atoms with Gasteiger partial charge < -0.3 is 9.64 Å². The first kappa shape index (κ1) is 12.3. The highest BCUT2D eigenvalue weighted by Crippen LogP contribution is 2.34. The second-order valence-electron chi connectivity index (χ2n) is 4.71. The average Bonchev–Trinajstić information content (AvgIpc) is 2.53. The molecule has 0 spiro atoms. The molecular formula is C13H17NO2S. The Morgan fingerprint density at radius 3 is 2.65 bits per heavy atom. The maximum Gasteiger partial charge on any atom is 0.282 e. The summed E-state index contributed by atoms with van der Waals surface area (Å²) in [7, 11) is 0. The fraction of sp³-hybridized carbons (Fsp3) is 0.462. The molecule has 92 valence electrons. The van der Waals surface area contributed by atoms with Crippen LogP contribution in [0.2, 0.25) is 0 Å². The van der Waals surface area contributed by atoms with E-state index in [1.54, 1.807) is 0 Å². The molecule has 1 aliphatic heterocycles. The number of hydrogen-bond acceptors (Lipinski definition) is 3. The van der Waals surface area contributed by atoms with Gasteiger partial charge >= 0.3 is 0 Å². The molecule has 1 saturated heterocycles. The monoisotopic (exact) mass is 251 g/mol. The van der Waals surface area contributed by atoms with Crippen LogP contribution < -0.4 is 4.74 Å². The van der Waals surface area contributed by atoms with Crippen molar-refractivity contribution in [3.05, 3.63) is 30.3 Å². The van der Waals surface area contributed by atoms with Gasteiger partial charge in [0, 0.05) is 11.3 Å². The Morgan fingerprint density at radius 2 is 2.06 bits per heavy atom. The summed E-state index contributed by atoms with van der Waals surface area (Å²) in [5, 5.41) is 0.159. The molecule has 1 amide bonds. The minimum atomic E-state index is 0.0316. The van der Waals surface area contributed by atoms with Gasteiger partial charge in [-0.05, 0) is 26.0 Å². The summed E-state index contributed by atoms with van der Waals surface area (Å²) in [5.74, 6) is 0.853. The zero-order valence-electron chi connectivity index (χ0n) is 10.2. The van der Waals surface area contributed by atoms with Crippen LogP contribution >= 0.6 is 11.8 Å². The summed E-state index contributed by atoms with van der Waals surface area (Å²) in [6.45, 7) is 6.19. The number of para-hydroxylation sites is 1. The molecular weight excluding hydrogens is 234 g/mol. The largest absolute Gasteiger partial charge is 0.492 e. The number of ether oxygens (including phenoxy) is 1. The number of amides is 1. The Labute approximate surface area is 106 Å². The molecule has 0 saturated carbocycles. The quantitative estimate of drug-likeness (QED) is 0.824. The molecule has 1 fully saturated rings. The second-order valence-corrected chi connectivity index (χ2v) is 6.37. The van der Waals surface area contributed by atoms with E-state index >= 15 is 0 Å². The van der Waals surface area contributed by atoms with Crippen LogP contribution in [-0.4, -0.2) is 34.6 Å². The topological polar surface area (TPSA) is 29.5 Å². The van der Waals surface area contributed by atoms with Crippen molar-refractivity contribution in [1.82, 2.24) is 4.90 Å². The SMILES string of the molecule is CC1(C)CN(CCOc2ccccc2)C(=O)S1. The van der Waals surface area contributed by atoms with Crippen molar-refractivity contribution in [3.63, 3.8) is 0 Å². The lowest BCUT2D eigenvalue weighted by Crippen LogP contribution is -2.31. The van der Waals surface area contributed by atoms with Crippen molar-refractivity contribution in [2.24, 2.45) is 0 Å². The molecule has 4 heteroatoms. The molecule has 0 atom stereocenters. The van der Waals surface area contributed by atoms with Gasteiger partial charge in [-0.25, -0.2) is 0 Å². The Bertz CT molecular complexity index is 392. The molecule has 0 radical (unpaired) electrons. The Balaban J connectivity index is 1.78. The molecule has 0 aromatic heterocycles. The molecule has 2 rings (SSSR count). The summed E-state index contributed by atoms with van der Waals surface area (Å²) >= 11 is 1.41. The van der Waals surface area contributed by atoms with E-state index in [9.17, 15) is 4.79 Å². The van der Waals surface area contributed by atoms with Crippen LogP contribution in [0, 0.1) is 0 Å². The molecule has 17 heavy (non-hydrogen) atoms. The van der Waals surface area contributed by atoms with Crippen LogP contribution in [0.1, 0.15) is 13.8 Å². The van der Waals surface area contributed by atoms with Gasteiger partial charge in [0.05, 0.1) is 6.54 Å². The van der Waals surface area contributed by atoms with Gasteiger partial charge in [-0.2, -0.15) is 0 Å². The van der Waals surface area contributed by atoms with Crippen molar-refractivity contribution >= 4 is 17.0 Å². The molecule has 1 aliphatic rings. The van der Waals surface area contributed by atoms with Crippen LogP contribution in [0.15, 0.2) is 30.3 Å². The maximum atomic E-state index is 11.7. The van der Waals surface area contributed by atoms with Crippen molar-refractivity contribution in [3.8, 4) is 5.75 Å². The van der Waals surface area contributed by atoms with Crippen molar-refractivity contribution in [2.45, 2.75) is 18.6 Å². The van der Waals surface area contributed by atoms with Gasteiger partial charge in [0.2, 0.25) is 0 Å². The minimum absolute atomic E-state index is 0.0316. The van der Waals surface area contributed by atoms with Gasteiger partial charge in [0.25, 0.3) is 5.24 Å². The van der Waals surface area contributed by atoms with Crippen molar-refractivity contribution in [2.75, 3.05) is 19.7 Å². The highest BCUT2D eigenvalue weighted by Gasteiger charge is 2.36. The zero-order valence-corrected chi connectivity index (χ0v) is 11.0. The number of benzene rings is 1. The Kier molecular flexibility index (Phi) is 3.62. The van der Waals surface area contributed by atoms with E-state index in [0.29, 0.717) is 13.2 Å². The highest BCUT2D eigenvalue weighted by molar-refractivity contribution is 8.15. The lowest BCUT2D eigenvalue weighted by atomic mass is 10.2. The fourth-order valence-corrected chi connectivity index (χ4v) is 2.80. The maximum absolute atomic E-state index is 11.7. The lowest BCUT2D eigenvalue weighted by Gasteiger charge is -2.18. The predicted molar refractivity (Wildman–Crippen MR) is 70.6 cm³/mol. The third-order valence-corrected chi connectivity index (χ3v) is 3.68. The number of carbonyl (C=O) groups excluding carboxylic acids is 1. The number of nitrogens with zero attached hydrogens (tertiary/aromatic N) is 1. The smallest absolute Gasteiger partial charge is 0.282 e. The summed E-state index contributed by atoms with van der Waals surface area (Å²) < 4.78 is 5.61. The van der Waals surface area contributed by atoms with E-state index in [1.165, 1.54) is 11.8 Å². The first-order valence-electron chi connectivity index (χ1n) is 5.73. The van der Waals surface area contributed by atoms with E-state index in [0.717, 1.165) is 12.3 Å². The van der Waals surface area contributed by atoms with Crippen molar-refractivity contribution in [1.29, 1.82) is 0 Å². The number of carbonyl (C=O) groups is 1. The molecule has 3 nitrogen and oxygen atoms in total. The Morgan fingerprint density at radius 1 is 1.35 bits per heavy atom. The highest BCUT2D eigenvalue weighted by atomic mass is 32.2. The van der Waals surface area contributed by atoms with Gasteiger partial charge in [-0.3, -0.25) is 4.79 Å². The van der Waals surface area contributed by atoms with E-state index in [4.69, 9.17) is 4.74 Å².